The van der Waals surface area contributed by atoms with Gasteiger partial charge in [-0.25, -0.2) is 9.97 Å². The van der Waals surface area contributed by atoms with Crippen LogP contribution in [0.1, 0.15) is 46.2 Å². The summed E-state index contributed by atoms with van der Waals surface area (Å²) in [5.41, 5.74) is 3.59. The van der Waals surface area contributed by atoms with Gasteiger partial charge in [0.1, 0.15) is 17.5 Å². The molecule has 5 aromatic rings. The lowest BCUT2D eigenvalue weighted by Crippen LogP contribution is -2.13. The number of rotatable bonds is 5. The molecule has 10 heteroatoms. The fourth-order valence-electron chi connectivity index (χ4n) is 3.51. The van der Waals surface area contributed by atoms with Crippen LogP contribution >= 0.6 is 0 Å². The molecule has 0 unspecified atom stereocenters. The van der Waals surface area contributed by atoms with Crippen molar-refractivity contribution in [1.29, 1.82) is 0 Å². The number of amides is 1. The smallest absolute Gasteiger partial charge is 0.257 e. The Morgan fingerprint density at radius 2 is 1.88 bits per heavy atom. The van der Waals surface area contributed by atoms with Crippen molar-refractivity contribution >= 4 is 39.4 Å². The molecule has 0 fully saturated rings. The molecule has 32 heavy (non-hydrogen) atoms. The van der Waals surface area contributed by atoms with E-state index in [1.807, 2.05) is 18.4 Å². The van der Waals surface area contributed by atoms with Crippen molar-refractivity contribution in [1.82, 2.24) is 34.7 Å². The number of aromatic amines is 1. The lowest BCUT2D eigenvalue weighted by atomic mass is 10.1. The van der Waals surface area contributed by atoms with Gasteiger partial charge in [0.2, 0.25) is 0 Å². The topological polar surface area (TPSA) is 131 Å². The maximum absolute atomic E-state index is 13.3. The number of aromatic nitrogens is 7. The SMILES string of the molecule is CC(C)n1cc(C(=O)c2cncc(NC(=O)c3cnc4cn[nH]c4c3)c2)c2cncnc21. The molecule has 0 spiro atoms. The average molecular weight is 426 g/mol. The van der Waals surface area contributed by atoms with E-state index >= 15 is 0 Å². The minimum Gasteiger partial charge on any atom is -0.329 e. The minimum absolute atomic E-state index is 0.124. The van der Waals surface area contributed by atoms with Crippen LogP contribution in [-0.4, -0.2) is 46.4 Å². The van der Waals surface area contributed by atoms with Gasteiger partial charge in [-0.15, -0.1) is 0 Å². The highest BCUT2D eigenvalue weighted by Crippen LogP contribution is 2.25. The highest BCUT2D eigenvalue weighted by molar-refractivity contribution is 6.16. The summed E-state index contributed by atoms with van der Waals surface area (Å²) in [5, 5.41) is 10.1. The van der Waals surface area contributed by atoms with Crippen LogP contribution in [0.5, 0.6) is 0 Å². The summed E-state index contributed by atoms with van der Waals surface area (Å²) in [4.78, 5) is 42.7. The molecule has 1 amide bonds. The number of anilines is 1. The zero-order valence-electron chi connectivity index (χ0n) is 17.3. The van der Waals surface area contributed by atoms with Crippen LogP contribution in [0.2, 0.25) is 0 Å². The van der Waals surface area contributed by atoms with E-state index in [0.717, 1.165) is 0 Å². The zero-order chi connectivity index (χ0) is 22.2. The number of hydrogen-bond acceptors (Lipinski definition) is 7. The fourth-order valence-corrected chi connectivity index (χ4v) is 3.51. The highest BCUT2D eigenvalue weighted by Gasteiger charge is 2.20. The number of H-pyrrole nitrogens is 1. The lowest BCUT2D eigenvalue weighted by molar-refractivity contribution is 0.102. The number of hydrogen-bond donors (Lipinski definition) is 2. The van der Waals surface area contributed by atoms with Crippen LogP contribution in [0.25, 0.3) is 22.1 Å². The van der Waals surface area contributed by atoms with Crippen molar-refractivity contribution < 1.29 is 9.59 Å². The molecule has 0 bridgehead atoms. The fraction of sp³-hybridized carbons (Fsp3) is 0.136. The molecule has 0 atom stereocenters. The Morgan fingerprint density at radius 1 is 1.00 bits per heavy atom. The number of fused-ring (bicyclic) bond motifs is 2. The number of ketones is 1. The number of carbonyl (C=O) groups is 2. The molecule has 5 rings (SSSR count). The predicted molar refractivity (Wildman–Crippen MR) is 117 cm³/mol. The monoisotopic (exact) mass is 426 g/mol. The first-order valence-corrected chi connectivity index (χ1v) is 9.92. The van der Waals surface area contributed by atoms with Crippen LogP contribution in [0, 0.1) is 0 Å². The Labute approximate surface area is 181 Å². The third-order valence-corrected chi connectivity index (χ3v) is 5.11. The Hall–Kier alpha value is -4.47. The van der Waals surface area contributed by atoms with Crippen LogP contribution in [0.3, 0.4) is 0 Å². The summed E-state index contributed by atoms with van der Waals surface area (Å²) >= 11 is 0. The summed E-state index contributed by atoms with van der Waals surface area (Å²) in [6.07, 6.45) is 10.9. The number of carbonyl (C=O) groups excluding carboxylic acids is 2. The molecule has 0 aliphatic heterocycles. The van der Waals surface area contributed by atoms with Gasteiger partial charge in [-0.1, -0.05) is 0 Å². The Kier molecular flexibility index (Phi) is 4.66. The molecule has 0 saturated carbocycles. The average Bonchev–Trinajstić information content (AvgIpc) is 3.43. The molecule has 10 nitrogen and oxygen atoms in total. The standard InChI is InChI=1S/C22H18N8O2/c1-12(2)30-10-17(16-8-24-11-26-21(16)30)20(31)13-3-15(7-23-5-13)28-22(32)14-4-18-19(25-6-14)9-27-29-18/h3-12H,1-2H3,(H,27,29)(H,28,32). The predicted octanol–water partition coefficient (Wildman–Crippen LogP) is 3.16. The number of nitrogens with one attached hydrogen (secondary N) is 2. The normalized spacial score (nSPS) is 11.3. The molecular formula is C22H18N8O2. The summed E-state index contributed by atoms with van der Waals surface area (Å²) < 4.78 is 1.93. The van der Waals surface area contributed by atoms with Crippen molar-refractivity contribution in [2.45, 2.75) is 19.9 Å². The van der Waals surface area contributed by atoms with Crippen molar-refractivity contribution in [3.05, 3.63) is 72.3 Å². The van der Waals surface area contributed by atoms with E-state index in [-0.39, 0.29) is 17.7 Å². The number of pyridine rings is 2. The van der Waals surface area contributed by atoms with Crippen molar-refractivity contribution in [3.8, 4) is 0 Å². The van der Waals surface area contributed by atoms with E-state index in [1.165, 1.54) is 24.9 Å². The first-order valence-electron chi connectivity index (χ1n) is 9.92. The van der Waals surface area contributed by atoms with E-state index in [2.05, 4.69) is 35.5 Å². The first-order chi connectivity index (χ1) is 15.5. The van der Waals surface area contributed by atoms with Gasteiger partial charge in [-0.2, -0.15) is 5.10 Å². The third-order valence-electron chi connectivity index (χ3n) is 5.11. The Balaban J connectivity index is 1.44. The van der Waals surface area contributed by atoms with Crippen molar-refractivity contribution in [3.63, 3.8) is 0 Å². The largest absolute Gasteiger partial charge is 0.329 e. The Bertz CT molecular complexity index is 1480. The summed E-state index contributed by atoms with van der Waals surface area (Å²) in [7, 11) is 0. The molecule has 2 N–H and O–H groups in total. The third kappa shape index (κ3) is 3.37. The lowest BCUT2D eigenvalue weighted by Gasteiger charge is -2.07. The highest BCUT2D eigenvalue weighted by atomic mass is 16.1. The van der Waals surface area contributed by atoms with Crippen molar-refractivity contribution in [2.24, 2.45) is 0 Å². The maximum Gasteiger partial charge on any atom is 0.257 e. The van der Waals surface area contributed by atoms with Gasteiger partial charge in [0.15, 0.2) is 5.78 Å². The summed E-state index contributed by atoms with van der Waals surface area (Å²) in [6.45, 7) is 4.03. The molecule has 158 valence electrons. The summed E-state index contributed by atoms with van der Waals surface area (Å²) in [6, 6.07) is 3.38. The van der Waals surface area contributed by atoms with Crippen LogP contribution in [0.4, 0.5) is 5.69 Å². The van der Waals surface area contributed by atoms with Crippen molar-refractivity contribution in [2.75, 3.05) is 5.32 Å². The zero-order valence-corrected chi connectivity index (χ0v) is 17.3. The van der Waals surface area contributed by atoms with Crippen LogP contribution in [0.15, 0.2) is 55.6 Å². The second-order valence-electron chi connectivity index (χ2n) is 7.58. The van der Waals surface area contributed by atoms with Crippen LogP contribution in [-0.2, 0) is 0 Å². The molecule has 0 saturated heterocycles. The van der Waals surface area contributed by atoms with Gasteiger partial charge in [0, 0.05) is 41.8 Å². The van der Waals surface area contributed by atoms with E-state index in [0.29, 0.717) is 44.4 Å². The quantitative estimate of drug-likeness (QED) is 0.413. The van der Waals surface area contributed by atoms with Gasteiger partial charge >= 0.3 is 0 Å². The van der Waals surface area contributed by atoms with E-state index in [9.17, 15) is 9.59 Å². The Morgan fingerprint density at radius 3 is 2.72 bits per heavy atom. The molecular weight excluding hydrogens is 408 g/mol. The molecule has 5 aromatic heterocycles. The van der Waals surface area contributed by atoms with E-state index in [4.69, 9.17) is 0 Å². The number of nitrogens with zero attached hydrogens (tertiary/aromatic N) is 6. The molecule has 0 aliphatic rings. The second kappa shape index (κ2) is 7.65. The van der Waals surface area contributed by atoms with E-state index in [1.54, 1.807) is 30.7 Å². The maximum atomic E-state index is 13.3. The molecule has 0 aromatic carbocycles. The first kappa shape index (κ1) is 19.5. The van der Waals surface area contributed by atoms with E-state index < -0.39 is 0 Å². The second-order valence-corrected chi connectivity index (χ2v) is 7.58. The minimum atomic E-state index is -0.370. The summed E-state index contributed by atoms with van der Waals surface area (Å²) in [5.74, 6) is -0.599. The molecule has 0 aliphatic carbocycles. The van der Waals surface area contributed by atoms with Crippen LogP contribution < -0.4 is 5.32 Å². The van der Waals surface area contributed by atoms with Gasteiger partial charge in [-0.3, -0.25) is 24.7 Å². The molecule has 5 heterocycles. The van der Waals surface area contributed by atoms with Gasteiger partial charge in [0.05, 0.1) is 34.7 Å². The van der Waals surface area contributed by atoms with Gasteiger partial charge < -0.3 is 9.88 Å². The van der Waals surface area contributed by atoms with Gasteiger partial charge in [0.25, 0.3) is 5.91 Å². The molecule has 0 radical (unpaired) electrons. The van der Waals surface area contributed by atoms with Gasteiger partial charge in [-0.05, 0) is 26.0 Å².